The number of aromatic nitrogens is 4. The molecule has 0 saturated heterocycles. The van der Waals surface area contributed by atoms with Crippen LogP contribution in [-0.4, -0.2) is 19.7 Å². The molecule has 3 aromatic rings. The van der Waals surface area contributed by atoms with Gasteiger partial charge < -0.3 is 5.32 Å². The molecule has 0 saturated carbocycles. The minimum absolute atomic E-state index is 0.258. The van der Waals surface area contributed by atoms with Crippen LogP contribution in [0.4, 0.5) is 11.5 Å². The summed E-state index contributed by atoms with van der Waals surface area (Å²) in [5.74, 6) is 0.430. The van der Waals surface area contributed by atoms with Crippen molar-refractivity contribution in [2.24, 2.45) is 0 Å². The van der Waals surface area contributed by atoms with Crippen molar-refractivity contribution in [1.29, 1.82) is 5.26 Å². The highest BCUT2D eigenvalue weighted by molar-refractivity contribution is 5.58. The van der Waals surface area contributed by atoms with Crippen LogP contribution >= 0.6 is 0 Å². The van der Waals surface area contributed by atoms with Gasteiger partial charge >= 0.3 is 0 Å². The molecule has 2 aromatic heterocycles. The third-order valence-electron chi connectivity index (χ3n) is 2.89. The summed E-state index contributed by atoms with van der Waals surface area (Å²) in [6.45, 7) is 0.689. The van der Waals surface area contributed by atoms with Gasteiger partial charge in [0.15, 0.2) is 11.5 Å². The molecule has 0 aliphatic heterocycles. The normalized spacial score (nSPS) is 10.0. The van der Waals surface area contributed by atoms with Crippen molar-refractivity contribution in [2.45, 2.75) is 6.54 Å². The van der Waals surface area contributed by atoms with Gasteiger partial charge in [-0.05, 0) is 5.56 Å². The standard InChI is InChI=1S/C15H12N6/c16-8-14-15(18-7-6-17-14)20-13-9-19-21(11-13)10-12-4-2-1-3-5-12/h1-7,9,11H,10H2,(H,18,20). The molecule has 0 fully saturated rings. The van der Waals surface area contributed by atoms with E-state index in [4.69, 9.17) is 5.26 Å². The van der Waals surface area contributed by atoms with E-state index in [1.807, 2.05) is 47.3 Å². The molecule has 0 amide bonds. The van der Waals surface area contributed by atoms with Gasteiger partial charge in [0, 0.05) is 18.6 Å². The summed E-state index contributed by atoms with van der Waals surface area (Å²) < 4.78 is 1.82. The first-order valence-electron chi connectivity index (χ1n) is 6.39. The second-order valence-electron chi connectivity index (χ2n) is 4.40. The van der Waals surface area contributed by atoms with E-state index in [-0.39, 0.29) is 5.69 Å². The van der Waals surface area contributed by atoms with Crippen LogP contribution in [0.25, 0.3) is 0 Å². The number of hydrogen-bond acceptors (Lipinski definition) is 5. The van der Waals surface area contributed by atoms with E-state index in [9.17, 15) is 0 Å². The summed E-state index contributed by atoms with van der Waals surface area (Å²) in [7, 11) is 0. The van der Waals surface area contributed by atoms with Crippen molar-refractivity contribution in [3.8, 4) is 6.07 Å². The lowest BCUT2D eigenvalue weighted by Gasteiger charge is -2.03. The molecule has 6 heteroatoms. The quantitative estimate of drug-likeness (QED) is 0.791. The molecule has 1 N–H and O–H groups in total. The highest BCUT2D eigenvalue weighted by Crippen LogP contribution is 2.15. The lowest BCUT2D eigenvalue weighted by atomic mass is 10.2. The Labute approximate surface area is 121 Å². The largest absolute Gasteiger partial charge is 0.335 e. The summed E-state index contributed by atoms with van der Waals surface area (Å²) in [5, 5.41) is 16.3. The van der Waals surface area contributed by atoms with E-state index >= 15 is 0 Å². The zero-order chi connectivity index (χ0) is 14.5. The van der Waals surface area contributed by atoms with Crippen molar-refractivity contribution >= 4 is 11.5 Å². The molecule has 21 heavy (non-hydrogen) atoms. The number of hydrogen-bond donors (Lipinski definition) is 1. The molecule has 0 atom stereocenters. The maximum atomic E-state index is 8.98. The highest BCUT2D eigenvalue weighted by Gasteiger charge is 2.06. The number of nitriles is 1. The van der Waals surface area contributed by atoms with E-state index in [0.29, 0.717) is 12.4 Å². The van der Waals surface area contributed by atoms with Crippen LogP contribution in [0, 0.1) is 11.3 Å². The maximum absolute atomic E-state index is 8.98. The van der Waals surface area contributed by atoms with E-state index in [2.05, 4.69) is 20.4 Å². The van der Waals surface area contributed by atoms with Gasteiger partial charge in [-0.3, -0.25) is 4.68 Å². The van der Waals surface area contributed by atoms with Crippen molar-refractivity contribution < 1.29 is 0 Å². The zero-order valence-electron chi connectivity index (χ0n) is 11.1. The first kappa shape index (κ1) is 12.8. The first-order chi connectivity index (χ1) is 10.3. The van der Waals surface area contributed by atoms with Crippen LogP contribution in [0.5, 0.6) is 0 Å². The van der Waals surface area contributed by atoms with Gasteiger partial charge in [-0.2, -0.15) is 10.4 Å². The third kappa shape index (κ3) is 3.04. The van der Waals surface area contributed by atoms with Crippen molar-refractivity contribution in [2.75, 3.05) is 5.32 Å². The predicted molar refractivity (Wildman–Crippen MR) is 77.8 cm³/mol. The molecule has 0 aliphatic carbocycles. The number of benzene rings is 1. The zero-order valence-corrected chi connectivity index (χ0v) is 11.1. The SMILES string of the molecule is N#Cc1nccnc1Nc1cnn(Cc2ccccc2)c1. The van der Waals surface area contributed by atoms with Crippen LogP contribution in [0.15, 0.2) is 55.1 Å². The summed E-state index contributed by atoms with van der Waals surface area (Å²) in [5.41, 5.74) is 2.20. The Balaban J connectivity index is 1.75. The second-order valence-corrected chi connectivity index (χ2v) is 4.40. The van der Waals surface area contributed by atoms with Gasteiger partial charge in [-0.1, -0.05) is 30.3 Å². The number of nitrogens with one attached hydrogen (secondary N) is 1. The minimum Gasteiger partial charge on any atom is -0.335 e. The Hall–Kier alpha value is -3.20. The van der Waals surface area contributed by atoms with Crippen molar-refractivity contribution in [3.63, 3.8) is 0 Å². The average Bonchev–Trinajstić information content (AvgIpc) is 2.96. The van der Waals surface area contributed by atoms with Crippen LogP contribution < -0.4 is 5.32 Å². The molecule has 102 valence electrons. The highest BCUT2D eigenvalue weighted by atomic mass is 15.3. The summed E-state index contributed by atoms with van der Waals surface area (Å²) in [6, 6.07) is 12.1. The Kier molecular flexibility index (Phi) is 3.56. The summed E-state index contributed by atoms with van der Waals surface area (Å²) >= 11 is 0. The Bertz CT molecular complexity index is 772. The van der Waals surface area contributed by atoms with Gasteiger partial charge in [0.1, 0.15) is 6.07 Å². The summed E-state index contributed by atoms with van der Waals surface area (Å²) in [6.07, 6.45) is 6.59. The molecular formula is C15H12N6. The summed E-state index contributed by atoms with van der Waals surface area (Å²) in [4.78, 5) is 8.06. The fraction of sp³-hybridized carbons (Fsp3) is 0.0667. The minimum atomic E-state index is 0.258. The molecule has 1 aromatic carbocycles. The molecule has 0 radical (unpaired) electrons. The van der Waals surface area contributed by atoms with Crippen LogP contribution in [-0.2, 0) is 6.54 Å². The lowest BCUT2D eigenvalue weighted by molar-refractivity contribution is 0.687. The van der Waals surface area contributed by atoms with E-state index in [0.717, 1.165) is 5.69 Å². The monoisotopic (exact) mass is 276 g/mol. The first-order valence-corrected chi connectivity index (χ1v) is 6.39. The van der Waals surface area contributed by atoms with E-state index in [1.165, 1.54) is 18.0 Å². The van der Waals surface area contributed by atoms with Crippen LogP contribution in [0.1, 0.15) is 11.3 Å². The molecule has 6 nitrogen and oxygen atoms in total. The average molecular weight is 276 g/mol. The van der Waals surface area contributed by atoms with Crippen LogP contribution in [0.2, 0.25) is 0 Å². The Morgan fingerprint density at radius 2 is 1.95 bits per heavy atom. The molecule has 0 aliphatic rings. The molecule has 0 bridgehead atoms. The second kappa shape index (κ2) is 5.84. The fourth-order valence-electron chi connectivity index (χ4n) is 1.93. The van der Waals surface area contributed by atoms with Crippen LogP contribution in [0.3, 0.4) is 0 Å². The topological polar surface area (TPSA) is 79.4 Å². The Morgan fingerprint density at radius 1 is 1.14 bits per heavy atom. The van der Waals surface area contributed by atoms with Crippen molar-refractivity contribution in [1.82, 2.24) is 19.7 Å². The Morgan fingerprint density at radius 3 is 2.76 bits per heavy atom. The number of anilines is 2. The van der Waals surface area contributed by atoms with Gasteiger partial charge in [0.2, 0.25) is 0 Å². The van der Waals surface area contributed by atoms with E-state index in [1.54, 1.807) is 6.20 Å². The maximum Gasteiger partial charge on any atom is 0.183 e. The van der Waals surface area contributed by atoms with Gasteiger partial charge in [-0.25, -0.2) is 9.97 Å². The molecular weight excluding hydrogens is 264 g/mol. The van der Waals surface area contributed by atoms with Gasteiger partial charge in [0.25, 0.3) is 0 Å². The number of rotatable bonds is 4. The third-order valence-corrected chi connectivity index (χ3v) is 2.89. The van der Waals surface area contributed by atoms with Crippen molar-refractivity contribution in [3.05, 3.63) is 66.4 Å². The smallest absolute Gasteiger partial charge is 0.183 e. The fourth-order valence-corrected chi connectivity index (χ4v) is 1.93. The lowest BCUT2D eigenvalue weighted by Crippen LogP contribution is -2.00. The van der Waals surface area contributed by atoms with Gasteiger partial charge in [-0.15, -0.1) is 0 Å². The van der Waals surface area contributed by atoms with Gasteiger partial charge in [0.05, 0.1) is 18.4 Å². The molecule has 3 rings (SSSR count). The molecule has 2 heterocycles. The molecule has 0 unspecified atom stereocenters. The molecule has 0 spiro atoms. The predicted octanol–water partition coefficient (Wildman–Crippen LogP) is 2.34. The number of nitrogens with zero attached hydrogens (tertiary/aromatic N) is 5. The van der Waals surface area contributed by atoms with E-state index < -0.39 is 0 Å².